The SMILES string of the molecule is C[C@H]1CC[C@]2(C)[C@H]3CC[C@@H]4[C@H]5[C@H](C6(C)CC6)CC[C@]5(C(=O)N5CCN(C(=O)OC(C)(C)C)CC5)CC[C@@]4(C)[C@]3(C)CC[C@H]2C1(C)C. The van der Waals surface area contributed by atoms with Crippen LogP contribution in [-0.4, -0.2) is 53.6 Å². The molecule has 0 N–H and O–H groups in total. The highest BCUT2D eigenvalue weighted by atomic mass is 16.6. The number of piperazine rings is 1. The Morgan fingerprint density at radius 2 is 1.30 bits per heavy atom. The minimum Gasteiger partial charge on any atom is -0.444 e. The lowest BCUT2D eigenvalue weighted by Crippen LogP contribution is -2.67. The fraction of sp³-hybridized carbons (Fsp3) is 0.951. The van der Waals surface area contributed by atoms with Crippen LogP contribution < -0.4 is 0 Å². The number of nitrogens with zero attached hydrogens (tertiary/aromatic N) is 2. The minimum atomic E-state index is -0.499. The Balaban J connectivity index is 1.17. The highest BCUT2D eigenvalue weighted by Crippen LogP contribution is 2.79. The predicted molar refractivity (Wildman–Crippen MR) is 185 cm³/mol. The summed E-state index contributed by atoms with van der Waals surface area (Å²) in [6.45, 7) is 26.7. The molecule has 5 nitrogen and oxygen atoms in total. The van der Waals surface area contributed by atoms with Crippen molar-refractivity contribution in [3.05, 3.63) is 0 Å². The van der Waals surface area contributed by atoms with Crippen LogP contribution in [0.5, 0.6) is 0 Å². The van der Waals surface area contributed by atoms with Crippen molar-refractivity contribution in [3.8, 4) is 0 Å². The first-order valence-corrected chi connectivity index (χ1v) is 19.6. The maximum Gasteiger partial charge on any atom is 0.410 e. The molecule has 2 amide bonds. The van der Waals surface area contributed by atoms with E-state index in [4.69, 9.17) is 4.74 Å². The lowest BCUT2D eigenvalue weighted by atomic mass is 9.32. The van der Waals surface area contributed by atoms with E-state index < -0.39 is 5.60 Å². The van der Waals surface area contributed by atoms with Crippen LogP contribution in [-0.2, 0) is 9.53 Å². The van der Waals surface area contributed by atoms with Gasteiger partial charge < -0.3 is 14.5 Å². The molecule has 0 aromatic carbocycles. The molecule has 0 radical (unpaired) electrons. The van der Waals surface area contributed by atoms with E-state index in [1.54, 1.807) is 0 Å². The zero-order valence-electron chi connectivity index (χ0n) is 31.4. The van der Waals surface area contributed by atoms with Crippen LogP contribution in [0.4, 0.5) is 4.79 Å². The van der Waals surface area contributed by atoms with Crippen molar-refractivity contribution < 1.29 is 14.3 Å². The van der Waals surface area contributed by atoms with Gasteiger partial charge in [-0.3, -0.25) is 4.79 Å². The number of hydrogen-bond acceptors (Lipinski definition) is 3. The molecule has 1 heterocycles. The van der Waals surface area contributed by atoms with Crippen LogP contribution >= 0.6 is 0 Å². The number of carbonyl (C=O) groups excluding carboxylic acids is 2. The van der Waals surface area contributed by atoms with E-state index in [1.165, 1.54) is 64.2 Å². The topological polar surface area (TPSA) is 49.9 Å². The second-order valence-corrected chi connectivity index (χ2v) is 20.7. The molecule has 6 saturated carbocycles. The number of rotatable bonds is 2. The summed E-state index contributed by atoms with van der Waals surface area (Å²) in [7, 11) is 0. The van der Waals surface area contributed by atoms with Crippen LogP contribution in [0.1, 0.15) is 146 Å². The zero-order chi connectivity index (χ0) is 33.3. The van der Waals surface area contributed by atoms with E-state index in [-0.39, 0.29) is 11.5 Å². The first-order valence-electron chi connectivity index (χ1n) is 19.6. The van der Waals surface area contributed by atoms with Gasteiger partial charge in [0.15, 0.2) is 0 Å². The summed E-state index contributed by atoms with van der Waals surface area (Å²) < 4.78 is 5.68. The fourth-order valence-corrected chi connectivity index (χ4v) is 14.2. The average Bonchev–Trinajstić information content (AvgIpc) is 3.59. The van der Waals surface area contributed by atoms with Gasteiger partial charge in [0.05, 0.1) is 5.41 Å². The average molecular weight is 637 g/mol. The summed E-state index contributed by atoms with van der Waals surface area (Å²) in [6.07, 6.45) is 15.3. The quantitative estimate of drug-likeness (QED) is 0.303. The van der Waals surface area contributed by atoms with E-state index in [0.29, 0.717) is 76.9 Å². The number of fused-ring (bicyclic) bond motifs is 7. The molecule has 0 aromatic heterocycles. The Hall–Kier alpha value is -1.26. The van der Waals surface area contributed by atoms with Crippen LogP contribution in [0.2, 0.25) is 0 Å². The lowest BCUT2D eigenvalue weighted by Gasteiger charge is -2.73. The van der Waals surface area contributed by atoms with Crippen LogP contribution in [0.15, 0.2) is 0 Å². The maximum absolute atomic E-state index is 15.0. The van der Waals surface area contributed by atoms with Crippen LogP contribution in [0.3, 0.4) is 0 Å². The molecular weight excluding hydrogens is 568 g/mol. The zero-order valence-corrected chi connectivity index (χ0v) is 31.4. The Bertz CT molecular complexity index is 1240. The molecular formula is C41H68N2O3. The largest absolute Gasteiger partial charge is 0.444 e. The third-order valence-electron chi connectivity index (χ3n) is 17.6. The van der Waals surface area contributed by atoms with Gasteiger partial charge in [-0.15, -0.1) is 0 Å². The molecule has 5 heteroatoms. The normalized spacial score (nSPS) is 47.6. The van der Waals surface area contributed by atoms with Gasteiger partial charge in [0, 0.05) is 26.2 Å². The molecule has 0 unspecified atom stereocenters. The third-order valence-corrected chi connectivity index (χ3v) is 17.6. The Labute approximate surface area is 281 Å². The van der Waals surface area contributed by atoms with E-state index >= 15 is 4.79 Å². The van der Waals surface area contributed by atoms with Gasteiger partial charge in [0.25, 0.3) is 0 Å². The molecule has 260 valence electrons. The van der Waals surface area contributed by atoms with Crippen molar-refractivity contribution in [2.45, 2.75) is 152 Å². The van der Waals surface area contributed by atoms with Crippen LogP contribution in [0, 0.1) is 68.0 Å². The van der Waals surface area contributed by atoms with Crippen molar-refractivity contribution in [3.63, 3.8) is 0 Å². The molecule has 0 bridgehead atoms. The van der Waals surface area contributed by atoms with E-state index in [1.807, 2.05) is 25.7 Å². The van der Waals surface area contributed by atoms with Crippen molar-refractivity contribution in [1.29, 1.82) is 0 Å². The number of carbonyl (C=O) groups is 2. The molecule has 6 aliphatic carbocycles. The monoisotopic (exact) mass is 637 g/mol. The third kappa shape index (κ3) is 4.56. The second-order valence-electron chi connectivity index (χ2n) is 20.7. The standard InChI is InChI=1S/C41H68N2O3/c1-27-13-16-38(8)30(36(27,5)6)15-17-40(10)31(38)12-11-29-32-28(37(7)19-20-37)14-18-41(32,22-21-39(29,40)9)33(44)42-23-25-43(26-24-42)34(45)46-35(2,3)4/h27-32H,11-26H2,1-10H3/t27-,28+,29+,30-,31+,32+,38-,39+,40+,41-/m0/s1. The van der Waals surface area contributed by atoms with E-state index in [0.717, 1.165) is 30.6 Å². The van der Waals surface area contributed by atoms with Crippen molar-refractivity contribution in [2.75, 3.05) is 26.2 Å². The van der Waals surface area contributed by atoms with Crippen molar-refractivity contribution in [1.82, 2.24) is 9.80 Å². The van der Waals surface area contributed by atoms with Gasteiger partial charge in [-0.25, -0.2) is 4.79 Å². The van der Waals surface area contributed by atoms with Gasteiger partial charge in [-0.2, -0.15) is 0 Å². The molecule has 7 rings (SSSR count). The molecule has 7 fully saturated rings. The minimum absolute atomic E-state index is 0.207. The van der Waals surface area contributed by atoms with Gasteiger partial charge in [-0.1, -0.05) is 48.5 Å². The molecule has 1 aliphatic heterocycles. The summed E-state index contributed by atoms with van der Waals surface area (Å²) in [5.41, 5.74) is 1.24. The summed E-state index contributed by atoms with van der Waals surface area (Å²) in [6, 6.07) is 0. The number of amides is 2. The molecule has 46 heavy (non-hydrogen) atoms. The smallest absolute Gasteiger partial charge is 0.410 e. The molecule has 10 atom stereocenters. The van der Waals surface area contributed by atoms with Gasteiger partial charge in [0.1, 0.15) is 5.60 Å². The first-order chi connectivity index (χ1) is 21.3. The van der Waals surface area contributed by atoms with Crippen LogP contribution in [0.25, 0.3) is 0 Å². The number of ether oxygens (including phenoxy) is 1. The van der Waals surface area contributed by atoms with Crippen molar-refractivity contribution in [2.24, 2.45) is 68.0 Å². The van der Waals surface area contributed by atoms with Gasteiger partial charge in [0.2, 0.25) is 5.91 Å². The molecule has 1 saturated heterocycles. The summed E-state index contributed by atoms with van der Waals surface area (Å²) in [4.78, 5) is 31.9. The van der Waals surface area contributed by atoms with E-state index in [9.17, 15) is 4.79 Å². The lowest BCUT2D eigenvalue weighted by molar-refractivity contribution is -0.244. The molecule has 0 spiro atoms. The highest BCUT2D eigenvalue weighted by molar-refractivity contribution is 5.84. The highest BCUT2D eigenvalue weighted by Gasteiger charge is 2.73. The maximum atomic E-state index is 15.0. The second kappa shape index (κ2) is 10.4. The number of hydrogen-bond donors (Lipinski definition) is 0. The summed E-state index contributed by atoms with van der Waals surface area (Å²) >= 11 is 0. The Morgan fingerprint density at radius 3 is 1.93 bits per heavy atom. The molecule has 7 aliphatic rings. The predicted octanol–water partition coefficient (Wildman–Crippen LogP) is 9.58. The fourth-order valence-electron chi connectivity index (χ4n) is 14.2. The van der Waals surface area contributed by atoms with Gasteiger partial charge >= 0.3 is 6.09 Å². The Kier molecular flexibility index (Phi) is 7.50. The summed E-state index contributed by atoms with van der Waals surface area (Å²) in [5.74, 6) is 4.73. The first kappa shape index (κ1) is 33.2. The molecule has 0 aromatic rings. The summed E-state index contributed by atoms with van der Waals surface area (Å²) in [5, 5.41) is 0. The van der Waals surface area contributed by atoms with E-state index in [2.05, 4.69) is 53.4 Å². The van der Waals surface area contributed by atoms with Gasteiger partial charge in [-0.05, 0) is 160 Å². The van der Waals surface area contributed by atoms with Crippen molar-refractivity contribution >= 4 is 12.0 Å². The Morgan fingerprint density at radius 1 is 0.652 bits per heavy atom.